The van der Waals surface area contributed by atoms with Gasteiger partial charge in [-0.05, 0) is 55.3 Å². The van der Waals surface area contributed by atoms with Gasteiger partial charge in [-0.3, -0.25) is 9.59 Å². The maximum absolute atomic E-state index is 12.6. The van der Waals surface area contributed by atoms with Gasteiger partial charge in [-0.25, -0.2) is 0 Å². The van der Waals surface area contributed by atoms with Crippen LogP contribution in [0.4, 0.5) is 11.4 Å². The van der Waals surface area contributed by atoms with Crippen molar-refractivity contribution in [3.63, 3.8) is 0 Å². The Morgan fingerprint density at radius 3 is 2.39 bits per heavy atom. The molecule has 1 saturated carbocycles. The number of benzene rings is 2. The molecule has 0 heterocycles. The third-order valence-corrected chi connectivity index (χ3v) is 5.59. The van der Waals surface area contributed by atoms with Crippen molar-refractivity contribution in [1.29, 1.82) is 0 Å². The fraction of sp³-hybridized carbons (Fsp3) is 0.333. The average Bonchev–Trinajstić information content (AvgIpc) is 2.70. The van der Waals surface area contributed by atoms with E-state index in [1.54, 1.807) is 18.2 Å². The van der Waals surface area contributed by atoms with E-state index in [2.05, 4.69) is 31.9 Å². The molecule has 0 unspecified atom stereocenters. The molecule has 3 N–H and O–H groups in total. The second-order valence-corrected chi connectivity index (χ2v) is 8.23. The molecule has 7 heteroatoms. The quantitative estimate of drug-likeness (QED) is 0.549. The van der Waals surface area contributed by atoms with Crippen LogP contribution in [0.5, 0.6) is 0 Å². The molecule has 0 bridgehead atoms. The number of rotatable bonds is 6. The Morgan fingerprint density at radius 1 is 1.00 bits per heavy atom. The van der Waals surface area contributed by atoms with E-state index in [-0.39, 0.29) is 24.4 Å². The average molecular weight is 465 g/mol. The van der Waals surface area contributed by atoms with Crippen molar-refractivity contribution in [2.45, 2.75) is 38.1 Å². The number of anilines is 2. The monoisotopic (exact) mass is 463 g/mol. The minimum Gasteiger partial charge on any atom is -0.376 e. The smallest absolute Gasteiger partial charge is 0.253 e. The van der Waals surface area contributed by atoms with Crippen LogP contribution in [0.3, 0.4) is 0 Å². The van der Waals surface area contributed by atoms with Crippen LogP contribution in [0.1, 0.15) is 42.5 Å². The summed E-state index contributed by atoms with van der Waals surface area (Å²) in [4.78, 5) is 24.8. The van der Waals surface area contributed by atoms with Crippen LogP contribution >= 0.6 is 27.5 Å². The minimum absolute atomic E-state index is 0.119. The molecule has 0 saturated heterocycles. The third kappa shape index (κ3) is 5.97. The highest BCUT2D eigenvalue weighted by atomic mass is 79.9. The first-order valence-electron chi connectivity index (χ1n) is 9.41. The highest BCUT2D eigenvalue weighted by Gasteiger charge is 2.19. The molecular weight excluding hydrogens is 442 g/mol. The summed E-state index contributed by atoms with van der Waals surface area (Å²) in [5, 5.41) is 9.29. The van der Waals surface area contributed by atoms with E-state index in [4.69, 9.17) is 11.6 Å². The Kier molecular flexibility index (Phi) is 7.34. The molecule has 0 spiro atoms. The molecule has 2 aromatic rings. The number of amides is 2. The molecule has 148 valence electrons. The van der Waals surface area contributed by atoms with Crippen LogP contribution in [-0.4, -0.2) is 24.4 Å². The lowest BCUT2D eigenvalue weighted by atomic mass is 9.95. The minimum atomic E-state index is -0.205. The standard InChI is InChI=1S/C21H23BrClN3O2/c22-14-6-8-15(9-7-14)24-13-20(27)25-17-10-11-19(23)18(12-17)21(28)26-16-4-2-1-3-5-16/h6-12,16,24H,1-5,13H2,(H,25,27)(H,26,28). The van der Waals surface area contributed by atoms with E-state index in [1.165, 1.54) is 6.42 Å². The van der Waals surface area contributed by atoms with Crippen molar-refractivity contribution in [1.82, 2.24) is 5.32 Å². The summed E-state index contributed by atoms with van der Waals surface area (Å²) in [5.41, 5.74) is 1.77. The number of carbonyl (C=O) groups excluding carboxylic acids is 2. The summed E-state index contributed by atoms with van der Waals surface area (Å²) in [6.45, 7) is 0.119. The van der Waals surface area contributed by atoms with Crippen LogP contribution in [0, 0.1) is 0 Å². The molecule has 2 amide bonds. The molecule has 1 fully saturated rings. The molecule has 0 atom stereocenters. The van der Waals surface area contributed by atoms with E-state index in [0.29, 0.717) is 16.3 Å². The second-order valence-electron chi connectivity index (χ2n) is 6.91. The van der Waals surface area contributed by atoms with Crippen LogP contribution in [-0.2, 0) is 4.79 Å². The van der Waals surface area contributed by atoms with Crippen molar-refractivity contribution in [2.24, 2.45) is 0 Å². The van der Waals surface area contributed by atoms with Crippen molar-refractivity contribution in [3.8, 4) is 0 Å². The molecule has 28 heavy (non-hydrogen) atoms. The first-order valence-corrected chi connectivity index (χ1v) is 10.6. The zero-order chi connectivity index (χ0) is 19.9. The summed E-state index contributed by atoms with van der Waals surface area (Å²) in [5.74, 6) is -0.398. The third-order valence-electron chi connectivity index (χ3n) is 4.73. The maximum Gasteiger partial charge on any atom is 0.253 e. The summed E-state index contributed by atoms with van der Waals surface area (Å²) in [6.07, 6.45) is 5.51. The lowest BCUT2D eigenvalue weighted by molar-refractivity contribution is -0.114. The molecule has 1 aliphatic carbocycles. The summed E-state index contributed by atoms with van der Waals surface area (Å²) in [6, 6.07) is 12.7. The molecule has 2 aromatic carbocycles. The van der Waals surface area contributed by atoms with E-state index < -0.39 is 0 Å². The van der Waals surface area contributed by atoms with Gasteiger partial charge < -0.3 is 16.0 Å². The second kappa shape index (κ2) is 9.94. The van der Waals surface area contributed by atoms with Gasteiger partial charge in [0, 0.05) is 21.9 Å². The van der Waals surface area contributed by atoms with Crippen molar-refractivity contribution < 1.29 is 9.59 Å². The van der Waals surface area contributed by atoms with Crippen molar-refractivity contribution >= 4 is 50.7 Å². The summed E-state index contributed by atoms with van der Waals surface area (Å²) in [7, 11) is 0. The Hall–Kier alpha value is -2.05. The van der Waals surface area contributed by atoms with E-state index in [1.807, 2.05) is 24.3 Å². The van der Waals surface area contributed by atoms with Crippen LogP contribution in [0.15, 0.2) is 46.9 Å². The van der Waals surface area contributed by atoms with Crippen molar-refractivity contribution in [3.05, 3.63) is 57.5 Å². The topological polar surface area (TPSA) is 70.2 Å². The lowest BCUT2D eigenvalue weighted by Gasteiger charge is -2.23. The zero-order valence-electron chi connectivity index (χ0n) is 15.4. The molecule has 0 aromatic heterocycles. The van der Waals surface area contributed by atoms with Gasteiger partial charge in [-0.2, -0.15) is 0 Å². The highest BCUT2D eigenvalue weighted by Crippen LogP contribution is 2.23. The van der Waals surface area contributed by atoms with Crippen LogP contribution < -0.4 is 16.0 Å². The fourth-order valence-corrected chi connectivity index (χ4v) is 3.71. The number of hydrogen-bond acceptors (Lipinski definition) is 3. The Bertz CT molecular complexity index is 836. The number of nitrogens with one attached hydrogen (secondary N) is 3. The Morgan fingerprint density at radius 2 is 1.68 bits per heavy atom. The molecule has 0 radical (unpaired) electrons. The predicted molar refractivity (Wildman–Crippen MR) is 117 cm³/mol. The van der Waals surface area contributed by atoms with Gasteiger partial charge >= 0.3 is 0 Å². The first-order chi connectivity index (χ1) is 13.5. The van der Waals surface area contributed by atoms with Gasteiger partial charge in [0.1, 0.15) is 0 Å². The molecular formula is C21H23BrClN3O2. The largest absolute Gasteiger partial charge is 0.376 e. The van der Waals surface area contributed by atoms with Gasteiger partial charge in [0.05, 0.1) is 17.1 Å². The predicted octanol–water partition coefficient (Wildman–Crippen LogP) is 5.22. The van der Waals surface area contributed by atoms with Gasteiger partial charge in [0.15, 0.2) is 0 Å². The molecule has 0 aliphatic heterocycles. The normalized spacial score (nSPS) is 14.4. The number of hydrogen-bond donors (Lipinski definition) is 3. The Labute approximate surface area is 178 Å². The number of halogens is 2. The SMILES string of the molecule is O=C(CNc1ccc(Br)cc1)Nc1ccc(Cl)c(C(=O)NC2CCCCC2)c1. The summed E-state index contributed by atoms with van der Waals surface area (Å²) >= 11 is 9.58. The van der Waals surface area contributed by atoms with Gasteiger partial charge in [-0.1, -0.05) is 46.8 Å². The number of carbonyl (C=O) groups is 2. The molecule has 3 rings (SSSR count). The first kappa shape index (κ1) is 20.7. The van der Waals surface area contributed by atoms with Gasteiger partial charge in [0.25, 0.3) is 5.91 Å². The van der Waals surface area contributed by atoms with Crippen LogP contribution in [0.2, 0.25) is 5.02 Å². The van der Waals surface area contributed by atoms with Crippen LogP contribution in [0.25, 0.3) is 0 Å². The van der Waals surface area contributed by atoms with Gasteiger partial charge in [-0.15, -0.1) is 0 Å². The van der Waals surface area contributed by atoms with E-state index in [0.717, 1.165) is 35.8 Å². The summed E-state index contributed by atoms with van der Waals surface area (Å²) < 4.78 is 0.975. The van der Waals surface area contributed by atoms with Gasteiger partial charge in [0.2, 0.25) is 5.91 Å². The van der Waals surface area contributed by atoms with E-state index >= 15 is 0 Å². The lowest BCUT2D eigenvalue weighted by Crippen LogP contribution is -2.36. The molecule has 1 aliphatic rings. The Balaban J connectivity index is 1.57. The fourth-order valence-electron chi connectivity index (χ4n) is 3.24. The highest BCUT2D eigenvalue weighted by molar-refractivity contribution is 9.10. The van der Waals surface area contributed by atoms with Crippen molar-refractivity contribution in [2.75, 3.05) is 17.2 Å². The molecule has 5 nitrogen and oxygen atoms in total. The zero-order valence-corrected chi connectivity index (χ0v) is 17.8. The maximum atomic E-state index is 12.6. The van der Waals surface area contributed by atoms with E-state index in [9.17, 15) is 9.59 Å².